The summed E-state index contributed by atoms with van der Waals surface area (Å²) in [5.74, 6) is 1.09. The molecule has 8 nitrogen and oxygen atoms in total. The number of benzene rings is 1. The molecule has 0 amide bonds. The first-order valence-electron chi connectivity index (χ1n) is 10.6. The molecule has 1 unspecified atom stereocenters. The molecule has 0 aliphatic carbocycles. The molecule has 2 aliphatic rings. The molecule has 2 fully saturated rings. The molecule has 2 heterocycles. The van der Waals surface area contributed by atoms with Crippen molar-refractivity contribution in [3.63, 3.8) is 0 Å². The lowest BCUT2D eigenvalue weighted by Gasteiger charge is -2.36. The summed E-state index contributed by atoms with van der Waals surface area (Å²) in [6.07, 6.45) is 2.51. The van der Waals surface area contributed by atoms with E-state index >= 15 is 0 Å². The van der Waals surface area contributed by atoms with Gasteiger partial charge in [-0.05, 0) is 43.4 Å². The Balaban J connectivity index is 1.82. The Bertz CT molecular complexity index is 941. The number of hydrogen-bond donors (Lipinski definition) is 0. The monoisotopic (exact) mass is 459 g/mol. The first-order valence-corrected chi connectivity index (χ1v) is 13.6. The number of ether oxygens (including phenoxy) is 1. The minimum Gasteiger partial charge on any atom is -0.495 e. The molecule has 1 aromatic rings. The van der Waals surface area contributed by atoms with E-state index in [-0.39, 0.29) is 10.6 Å². The minimum atomic E-state index is -3.58. The Morgan fingerprint density at radius 3 is 2.33 bits per heavy atom. The molecule has 2 aliphatic heterocycles. The van der Waals surface area contributed by atoms with Crippen LogP contribution in [0.5, 0.6) is 5.75 Å². The maximum atomic E-state index is 13.2. The summed E-state index contributed by atoms with van der Waals surface area (Å²) in [6.45, 7) is 6.76. The molecule has 170 valence electrons. The van der Waals surface area contributed by atoms with Crippen LogP contribution in [0, 0.1) is 5.92 Å². The summed E-state index contributed by atoms with van der Waals surface area (Å²) in [6, 6.07) is 4.96. The average molecular weight is 460 g/mol. The van der Waals surface area contributed by atoms with Crippen LogP contribution in [0.2, 0.25) is 0 Å². The number of piperidine rings is 1. The maximum Gasteiger partial charge on any atom is 0.243 e. The lowest BCUT2D eigenvalue weighted by molar-refractivity contribution is 0.281. The van der Waals surface area contributed by atoms with Crippen molar-refractivity contribution in [1.82, 2.24) is 8.61 Å². The highest BCUT2D eigenvalue weighted by Crippen LogP contribution is 2.34. The van der Waals surface area contributed by atoms with Gasteiger partial charge >= 0.3 is 0 Å². The topological polar surface area (TPSA) is 87.2 Å². The van der Waals surface area contributed by atoms with Crippen molar-refractivity contribution >= 4 is 25.7 Å². The second kappa shape index (κ2) is 9.42. The van der Waals surface area contributed by atoms with E-state index in [4.69, 9.17) is 4.74 Å². The molecule has 0 aromatic heterocycles. The van der Waals surface area contributed by atoms with Crippen LogP contribution in [-0.2, 0) is 20.0 Å². The molecule has 0 N–H and O–H groups in total. The van der Waals surface area contributed by atoms with Gasteiger partial charge in [0.15, 0.2) is 0 Å². The highest BCUT2D eigenvalue weighted by atomic mass is 32.2. The fourth-order valence-electron chi connectivity index (χ4n) is 4.19. The lowest BCUT2D eigenvalue weighted by atomic mass is 10.0. The Kier molecular flexibility index (Phi) is 7.32. The summed E-state index contributed by atoms with van der Waals surface area (Å²) >= 11 is 0. The smallest absolute Gasteiger partial charge is 0.243 e. The van der Waals surface area contributed by atoms with E-state index in [9.17, 15) is 16.8 Å². The molecule has 1 atom stereocenters. The lowest BCUT2D eigenvalue weighted by Crippen LogP contribution is -2.49. The second-order valence-electron chi connectivity index (χ2n) is 8.15. The van der Waals surface area contributed by atoms with Gasteiger partial charge in [0.05, 0.1) is 23.4 Å². The highest BCUT2D eigenvalue weighted by molar-refractivity contribution is 7.89. The van der Waals surface area contributed by atoms with Crippen molar-refractivity contribution in [2.75, 3.05) is 57.0 Å². The van der Waals surface area contributed by atoms with Crippen molar-refractivity contribution in [3.8, 4) is 5.75 Å². The summed E-state index contributed by atoms with van der Waals surface area (Å²) < 4.78 is 59.7. The van der Waals surface area contributed by atoms with Crippen LogP contribution in [0.4, 0.5) is 5.69 Å². The van der Waals surface area contributed by atoms with Crippen LogP contribution in [-0.4, -0.2) is 77.6 Å². The molecule has 0 spiro atoms. The zero-order chi connectivity index (χ0) is 21.9. The van der Waals surface area contributed by atoms with Gasteiger partial charge in [0, 0.05) is 39.3 Å². The number of sulfonamides is 2. The van der Waals surface area contributed by atoms with Crippen LogP contribution in [0.1, 0.15) is 33.1 Å². The Morgan fingerprint density at radius 1 is 1.03 bits per heavy atom. The predicted octanol–water partition coefficient (Wildman–Crippen LogP) is 1.98. The first kappa shape index (κ1) is 23.3. The minimum absolute atomic E-state index is 0.151. The van der Waals surface area contributed by atoms with E-state index in [1.54, 1.807) is 29.6 Å². The van der Waals surface area contributed by atoms with Crippen molar-refractivity contribution < 1.29 is 21.6 Å². The maximum absolute atomic E-state index is 13.2. The van der Waals surface area contributed by atoms with Crippen LogP contribution >= 0.6 is 0 Å². The summed E-state index contributed by atoms with van der Waals surface area (Å²) in [5, 5.41) is 0. The van der Waals surface area contributed by atoms with E-state index in [1.165, 1.54) is 4.31 Å². The van der Waals surface area contributed by atoms with E-state index in [1.807, 2.05) is 11.8 Å². The standard InChI is InChI=1S/C20H33N3O5S2/c1-4-14-29(24,25)22-12-10-21(11-13-22)19-15-18(7-8-20(19)28-3)30(26,27)23-9-5-6-17(2)16-23/h7-8,15,17H,4-6,9-14,16H2,1-3H3. The highest BCUT2D eigenvalue weighted by Gasteiger charge is 2.31. The molecule has 2 saturated heterocycles. The Hall–Kier alpha value is -1.36. The number of rotatable bonds is 7. The molecular weight excluding hydrogens is 426 g/mol. The van der Waals surface area contributed by atoms with Gasteiger partial charge in [-0.1, -0.05) is 13.8 Å². The van der Waals surface area contributed by atoms with Gasteiger partial charge in [0.1, 0.15) is 5.75 Å². The number of nitrogens with zero attached hydrogens (tertiary/aromatic N) is 3. The predicted molar refractivity (Wildman–Crippen MR) is 118 cm³/mol. The van der Waals surface area contributed by atoms with Crippen LogP contribution in [0.25, 0.3) is 0 Å². The van der Waals surface area contributed by atoms with E-state index in [0.717, 1.165) is 12.8 Å². The van der Waals surface area contributed by atoms with Gasteiger partial charge < -0.3 is 9.64 Å². The van der Waals surface area contributed by atoms with Gasteiger partial charge in [-0.15, -0.1) is 0 Å². The summed E-state index contributed by atoms with van der Waals surface area (Å²) in [4.78, 5) is 2.27. The largest absolute Gasteiger partial charge is 0.495 e. The van der Waals surface area contributed by atoms with E-state index in [2.05, 4.69) is 6.92 Å². The normalized spacial score (nSPS) is 22.2. The average Bonchev–Trinajstić information content (AvgIpc) is 2.73. The van der Waals surface area contributed by atoms with Gasteiger partial charge in [-0.2, -0.15) is 8.61 Å². The molecule has 3 rings (SSSR count). The van der Waals surface area contributed by atoms with Crippen LogP contribution in [0.3, 0.4) is 0 Å². The first-order chi connectivity index (χ1) is 14.2. The molecule has 1 aromatic carbocycles. The number of anilines is 1. The number of methoxy groups -OCH3 is 1. The third kappa shape index (κ3) is 4.92. The second-order valence-corrected chi connectivity index (χ2v) is 12.2. The zero-order valence-corrected chi connectivity index (χ0v) is 19.7. The molecule has 0 radical (unpaired) electrons. The van der Waals surface area contributed by atoms with Gasteiger partial charge in [0.25, 0.3) is 0 Å². The molecular formula is C20H33N3O5S2. The number of hydrogen-bond acceptors (Lipinski definition) is 6. The number of piperazine rings is 1. The zero-order valence-electron chi connectivity index (χ0n) is 18.1. The van der Waals surface area contributed by atoms with Crippen LogP contribution < -0.4 is 9.64 Å². The molecule has 0 saturated carbocycles. The summed E-state index contributed by atoms with van der Waals surface area (Å²) in [5.41, 5.74) is 0.691. The molecule has 10 heteroatoms. The van der Waals surface area contributed by atoms with Gasteiger partial charge in [-0.3, -0.25) is 0 Å². The van der Waals surface area contributed by atoms with Crippen LogP contribution in [0.15, 0.2) is 23.1 Å². The summed E-state index contributed by atoms with van der Waals surface area (Å²) in [7, 11) is -5.25. The van der Waals surface area contributed by atoms with Gasteiger partial charge in [0.2, 0.25) is 20.0 Å². The molecule has 30 heavy (non-hydrogen) atoms. The van der Waals surface area contributed by atoms with E-state index in [0.29, 0.717) is 63.0 Å². The SMILES string of the molecule is CCCS(=O)(=O)N1CCN(c2cc(S(=O)(=O)N3CCCC(C)C3)ccc2OC)CC1. The van der Waals surface area contributed by atoms with Crippen molar-refractivity contribution in [2.45, 2.75) is 38.0 Å². The van der Waals surface area contributed by atoms with Crippen molar-refractivity contribution in [3.05, 3.63) is 18.2 Å². The van der Waals surface area contributed by atoms with E-state index < -0.39 is 20.0 Å². The third-order valence-electron chi connectivity index (χ3n) is 5.84. The quantitative estimate of drug-likeness (QED) is 0.620. The Morgan fingerprint density at radius 2 is 1.73 bits per heavy atom. The van der Waals surface area contributed by atoms with Gasteiger partial charge in [-0.25, -0.2) is 16.8 Å². The van der Waals surface area contributed by atoms with Crippen molar-refractivity contribution in [2.24, 2.45) is 5.92 Å². The Labute approximate surface area is 180 Å². The fraction of sp³-hybridized carbons (Fsp3) is 0.700. The fourth-order valence-corrected chi connectivity index (χ4v) is 7.30. The van der Waals surface area contributed by atoms with Crippen molar-refractivity contribution in [1.29, 1.82) is 0 Å². The third-order valence-corrected chi connectivity index (χ3v) is 9.78. The molecule has 0 bridgehead atoms.